The van der Waals surface area contributed by atoms with Gasteiger partial charge in [0.05, 0.1) is 6.54 Å². The van der Waals surface area contributed by atoms with Crippen LogP contribution in [0.5, 0.6) is 0 Å². The molecule has 0 spiro atoms. The zero-order valence-electron chi connectivity index (χ0n) is 11.4. The Morgan fingerprint density at radius 3 is 2.60 bits per heavy atom. The standard InChI is InChI=1S/C12H19F3N4S/c1-2-16-7-10-8-17-11(20-10)19-5-3-18(4-6-19)9-12(13,14)15/h8,16H,2-7,9H2,1H3. The van der Waals surface area contributed by atoms with Crippen molar-refractivity contribution >= 4 is 16.5 Å². The van der Waals surface area contributed by atoms with Crippen molar-refractivity contribution in [2.75, 3.05) is 44.2 Å². The Hall–Kier alpha value is -0.860. The van der Waals surface area contributed by atoms with Crippen molar-refractivity contribution < 1.29 is 13.2 Å². The first-order valence-corrected chi connectivity index (χ1v) is 7.49. The maximum Gasteiger partial charge on any atom is 0.401 e. The van der Waals surface area contributed by atoms with Gasteiger partial charge in [0, 0.05) is 43.8 Å². The molecule has 1 fully saturated rings. The minimum atomic E-state index is -4.11. The third-order valence-electron chi connectivity index (χ3n) is 3.14. The van der Waals surface area contributed by atoms with E-state index in [-0.39, 0.29) is 0 Å². The van der Waals surface area contributed by atoms with Gasteiger partial charge < -0.3 is 10.2 Å². The average molecular weight is 308 g/mol. The van der Waals surface area contributed by atoms with Crippen molar-refractivity contribution in [1.29, 1.82) is 0 Å². The third-order valence-corrected chi connectivity index (χ3v) is 4.19. The van der Waals surface area contributed by atoms with Crippen LogP contribution in [0.15, 0.2) is 6.20 Å². The molecule has 20 heavy (non-hydrogen) atoms. The lowest BCUT2D eigenvalue weighted by atomic mass is 10.3. The van der Waals surface area contributed by atoms with Crippen LogP contribution in [0.4, 0.5) is 18.3 Å². The molecule has 1 saturated heterocycles. The quantitative estimate of drug-likeness (QED) is 0.901. The number of hydrogen-bond donors (Lipinski definition) is 1. The second kappa shape index (κ2) is 6.73. The maximum atomic E-state index is 12.3. The molecule has 2 heterocycles. The fourth-order valence-electron chi connectivity index (χ4n) is 2.12. The minimum absolute atomic E-state index is 0.432. The number of halogens is 3. The van der Waals surface area contributed by atoms with Crippen LogP contribution in [0.3, 0.4) is 0 Å². The molecule has 0 saturated carbocycles. The SMILES string of the molecule is CCNCc1cnc(N2CCN(CC(F)(F)F)CC2)s1. The van der Waals surface area contributed by atoms with E-state index in [0.29, 0.717) is 26.2 Å². The Morgan fingerprint density at radius 2 is 2.00 bits per heavy atom. The van der Waals surface area contributed by atoms with E-state index in [4.69, 9.17) is 0 Å². The summed E-state index contributed by atoms with van der Waals surface area (Å²) >= 11 is 1.61. The number of nitrogens with one attached hydrogen (secondary N) is 1. The predicted octanol–water partition coefficient (Wildman–Crippen LogP) is 1.94. The topological polar surface area (TPSA) is 31.4 Å². The largest absolute Gasteiger partial charge is 0.401 e. The van der Waals surface area contributed by atoms with Crippen LogP contribution in [0.25, 0.3) is 0 Å². The van der Waals surface area contributed by atoms with Gasteiger partial charge in [0.25, 0.3) is 0 Å². The van der Waals surface area contributed by atoms with Crippen LogP contribution in [0, 0.1) is 0 Å². The lowest BCUT2D eigenvalue weighted by Crippen LogP contribution is -2.49. The van der Waals surface area contributed by atoms with E-state index in [2.05, 4.69) is 15.2 Å². The Morgan fingerprint density at radius 1 is 1.30 bits per heavy atom. The van der Waals surface area contributed by atoms with E-state index in [9.17, 15) is 13.2 Å². The number of alkyl halides is 3. The Balaban J connectivity index is 1.82. The molecule has 114 valence electrons. The third kappa shape index (κ3) is 4.60. The van der Waals surface area contributed by atoms with E-state index in [1.165, 1.54) is 4.90 Å². The van der Waals surface area contributed by atoms with Gasteiger partial charge in [0.15, 0.2) is 5.13 Å². The molecule has 1 aromatic rings. The van der Waals surface area contributed by atoms with Gasteiger partial charge in [-0.1, -0.05) is 6.92 Å². The van der Waals surface area contributed by atoms with Crippen LogP contribution in [0.2, 0.25) is 0 Å². The molecular formula is C12H19F3N4S. The van der Waals surface area contributed by atoms with E-state index < -0.39 is 12.7 Å². The number of nitrogens with zero attached hydrogens (tertiary/aromatic N) is 3. The van der Waals surface area contributed by atoms with Crippen molar-refractivity contribution in [3.8, 4) is 0 Å². The molecule has 4 nitrogen and oxygen atoms in total. The van der Waals surface area contributed by atoms with Crippen molar-refractivity contribution in [2.24, 2.45) is 0 Å². The second-order valence-corrected chi connectivity index (χ2v) is 5.86. The van der Waals surface area contributed by atoms with Crippen molar-refractivity contribution in [3.63, 3.8) is 0 Å². The first-order chi connectivity index (χ1) is 9.48. The molecule has 1 N–H and O–H groups in total. The highest BCUT2D eigenvalue weighted by molar-refractivity contribution is 7.15. The molecule has 0 aromatic carbocycles. The molecule has 8 heteroatoms. The normalized spacial score (nSPS) is 17.7. The summed E-state index contributed by atoms with van der Waals surface area (Å²) in [6, 6.07) is 0. The summed E-state index contributed by atoms with van der Waals surface area (Å²) in [6.07, 6.45) is -2.27. The molecule has 2 rings (SSSR count). The zero-order chi connectivity index (χ0) is 14.6. The van der Waals surface area contributed by atoms with Gasteiger partial charge in [-0.2, -0.15) is 13.2 Å². The highest BCUT2D eigenvalue weighted by Crippen LogP contribution is 2.24. The van der Waals surface area contributed by atoms with Crippen LogP contribution < -0.4 is 10.2 Å². The zero-order valence-corrected chi connectivity index (χ0v) is 12.2. The average Bonchev–Trinajstić information content (AvgIpc) is 2.84. The van der Waals surface area contributed by atoms with Gasteiger partial charge in [-0.05, 0) is 6.54 Å². The molecule has 0 bridgehead atoms. The monoisotopic (exact) mass is 308 g/mol. The first-order valence-electron chi connectivity index (χ1n) is 6.67. The highest BCUT2D eigenvalue weighted by atomic mass is 32.1. The molecule has 0 aliphatic carbocycles. The highest BCUT2D eigenvalue weighted by Gasteiger charge is 2.32. The summed E-state index contributed by atoms with van der Waals surface area (Å²) in [7, 11) is 0. The smallest absolute Gasteiger partial charge is 0.346 e. The second-order valence-electron chi connectivity index (χ2n) is 4.77. The molecule has 1 aliphatic rings. The van der Waals surface area contributed by atoms with E-state index in [0.717, 1.165) is 23.1 Å². The van der Waals surface area contributed by atoms with Gasteiger partial charge in [-0.15, -0.1) is 11.3 Å². The van der Waals surface area contributed by atoms with Gasteiger partial charge in [0.1, 0.15) is 0 Å². The molecule has 1 aromatic heterocycles. The number of thiazole rings is 1. The first kappa shape index (κ1) is 15.5. The van der Waals surface area contributed by atoms with Crippen LogP contribution in [0.1, 0.15) is 11.8 Å². The fourth-order valence-corrected chi connectivity index (χ4v) is 3.06. The number of rotatable bonds is 5. The lowest BCUT2D eigenvalue weighted by molar-refractivity contribution is -0.146. The minimum Gasteiger partial charge on any atom is -0.346 e. The molecule has 1 aliphatic heterocycles. The molecule has 0 radical (unpaired) electrons. The van der Waals surface area contributed by atoms with Crippen LogP contribution in [-0.4, -0.2) is 55.3 Å². The Bertz CT molecular complexity index is 413. The summed E-state index contributed by atoms with van der Waals surface area (Å²) in [5.41, 5.74) is 0. The molecule has 0 unspecified atom stereocenters. The Kier molecular flexibility index (Phi) is 5.22. The van der Waals surface area contributed by atoms with Gasteiger partial charge in [0.2, 0.25) is 0 Å². The Labute approximate surface area is 120 Å². The summed E-state index contributed by atoms with van der Waals surface area (Å²) in [5.74, 6) is 0. The molecule has 0 amide bonds. The van der Waals surface area contributed by atoms with Gasteiger partial charge in [-0.3, -0.25) is 4.90 Å². The summed E-state index contributed by atoms with van der Waals surface area (Å²) in [6.45, 7) is 5.00. The number of anilines is 1. The summed E-state index contributed by atoms with van der Waals surface area (Å²) in [4.78, 5) is 9.02. The van der Waals surface area contributed by atoms with Gasteiger partial charge >= 0.3 is 6.18 Å². The predicted molar refractivity (Wildman–Crippen MR) is 74.2 cm³/mol. The van der Waals surface area contributed by atoms with Crippen molar-refractivity contribution in [1.82, 2.24) is 15.2 Å². The number of hydrogen-bond acceptors (Lipinski definition) is 5. The van der Waals surface area contributed by atoms with Gasteiger partial charge in [-0.25, -0.2) is 4.98 Å². The maximum absolute atomic E-state index is 12.3. The number of aromatic nitrogens is 1. The molecular weight excluding hydrogens is 289 g/mol. The van der Waals surface area contributed by atoms with E-state index in [1.807, 2.05) is 13.1 Å². The van der Waals surface area contributed by atoms with E-state index in [1.54, 1.807) is 11.3 Å². The van der Waals surface area contributed by atoms with Crippen molar-refractivity contribution in [3.05, 3.63) is 11.1 Å². The van der Waals surface area contributed by atoms with Crippen LogP contribution in [-0.2, 0) is 6.54 Å². The summed E-state index contributed by atoms with van der Waals surface area (Å²) < 4.78 is 36.9. The van der Waals surface area contributed by atoms with E-state index >= 15 is 0 Å². The fraction of sp³-hybridized carbons (Fsp3) is 0.750. The van der Waals surface area contributed by atoms with Crippen LogP contribution >= 0.6 is 11.3 Å². The van der Waals surface area contributed by atoms with Crippen molar-refractivity contribution in [2.45, 2.75) is 19.6 Å². The lowest BCUT2D eigenvalue weighted by Gasteiger charge is -2.34. The summed E-state index contributed by atoms with van der Waals surface area (Å²) in [5, 5.41) is 4.14. The number of piperazine rings is 1. The molecule has 0 atom stereocenters.